The molecule has 2 aromatic rings. The van der Waals surface area contributed by atoms with E-state index in [1.807, 2.05) is 10.7 Å². The fourth-order valence-corrected chi connectivity index (χ4v) is 2.05. The minimum Gasteiger partial charge on any atom is -0.305 e. The summed E-state index contributed by atoms with van der Waals surface area (Å²) in [6.07, 6.45) is 0. The average molecular weight is 251 g/mol. The predicted molar refractivity (Wildman–Crippen MR) is 67.8 cm³/mol. The number of aromatic nitrogens is 4. The first-order chi connectivity index (χ1) is 8.04. The van der Waals surface area contributed by atoms with Crippen LogP contribution < -0.4 is 5.32 Å². The van der Waals surface area contributed by atoms with Crippen molar-refractivity contribution in [2.75, 3.05) is 0 Å². The quantitative estimate of drug-likeness (QED) is 0.898. The molecule has 17 heavy (non-hydrogen) atoms. The van der Waals surface area contributed by atoms with E-state index in [9.17, 15) is 0 Å². The van der Waals surface area contributed by atoms with Gasteiger partial charge in [-0.15, -0.1) is 16.4 Å². The molecule has 0 atom stereocenters. The molecule has 0 unspecified atom stereocenters. The van der Waals surface area contributed by atoms with Crippen molar-refractivity contribution in [3.05, 3.63) is 28.2 Å². The minimum absolute atomic E-state index is 0.0692. The lowest BCUT2D eigenvalue weighted by Crippen LogP contribution is -2.36. The highest BCUT2D eigenvalue weighted by Gasteiger charge is 2.12. The Balaban J connectivity index is 2.02. The van der Waals surface area contributed by atoms with Crippen molar-refractivity contribution >= 4 is 11.3 Å². The Kier molecular flexibility index (Phi) is 3.54. The molecule has 6 heteroatoms. The largest absolute Gasteiger partial charge is 0.305 e. The third kappa shape index (κ3) is 3.61. The highest BCUT2D eigenvalue weighted by molar-refractivity contribution is 7.09. The SMILES string of the molecule is CC(C)(C)NCc1nnnn1Cc1cccs1. The highest BCUT2D eigenvalue weighted by Crippen LogP contribution is 2.10. The third-order valence-electron chi connectivity index (χ3n) is 2.27. The van der Waals surface area contributed by atoms with Crippen LogP contribution in [-0.4, -0.2) is 25.7 Å². The molecule has 0 aliphatic heterocycles. The number of nitrogens with one attached hydrogen (secondary N) is 1. The van der Waals surface area contributed by atoms with Crippen LogP contribution in [0.15, 0.2) is 17.5 Å². The van der Waals surface area contributed by atoms with E-state index in [-0.39, 0.29) is 5.54 Å². The molecule has 2 heterocycles. The van der Waals surface area contributed by atoms with Gasteiger partial charge in [0.25, 0.3) is 0 Å². The second-order valence-electron chi connectivity index (χ2n) is 4.94. The Morgan fingerprint density at radius 2 is 2.24 bits per heavy atom. The predicted octanol–water partition coefficient (Wildman–Crippen LogP) is 1.67. The summed E-state index contributed by atoms with van der Waals surface area (Å²) in [7, 11) is 0. The van der Waals surface area contributed by atoms with Gasteiger partial charge in [0, 0.05) is 10.4 Å². The van der Waals surface area contributed by atoms with Gasteiger partial charge in [0.05, 0.1) is 13.1 Å². The topological polar surface area (TPSA) is 55.6 Å². The fourth-order valence-electron chi connectivity index (χ4n) is 1.37. The van der Waals surface area contributed by atoms with Gasteiger partial charge in [0.2, 0.25) is 0 Å². The fraction of sp³-hybridized carbons (Fsp3) is 0.545. The first kappa shape index (κ1) is 12.2. The van der Waals surface area contributed by atoms with Crippen LogP contribution in [0.2, 0.25) is 0 Å². The summed E-state index contributed by atoms with van der Waals surface area (Å²) < 4.78 is 1.84. The smallest absolute Gasteiger partial charge is 0.165 e. The van der Waals surface area contributed by atoms with E-state index in [1.165, 1.54) is 4.88 Å². The summed E-state index contributed by atoms with van der Waals surface area (Å²) >= 11 is 1.72. The molecule has 2 aromatic heterocycles. The van der Waals surface area contributed by atoms with Gasteiger partial charge in [-0.3, -0.25) is 0 Å². The molecule has 0 bridgehead atoms. The number of hydrogen-bond acceptors (Lipinski definition) is 5. The molecular formula is C11H17N5S. The Bertz CT molecular complexity index is 454. The molecule has 2 rings (SSSR count). The van der Waals surface area contributed by atoms with Crippen molar-refractivity contribution in [2.24, 2.45) is 0 Å². The van der Waals surface area contributed by atoms with Crippen molar-refractivity contribution in [1.29, 1.82) is 0 Å². The van der Waals surface area contributed by atoms with Crippen LogP contribution in [0.25, 0.3) is 0 Å². The summed E-state index contributed by atoms with van der Waals surface area (Å²) in [6.45, 7) is 7.80. The van der Waals surface area contributed by atoms with Crippen LogP contribution >= 0.6 is 11.3 Å². The molecule has 1 N–H and O–H groups in total. The monoisotopic (exact) mass is 251 g/mol. The molecule has 0 saturated heterocycles. The molecule has 0 aliphatic rings. The van der Waals surface area contributed by atoms with E-state index < -0.39 is 0 Å². The van der Waals surface area contributed by atoms with Gasteiger partial charge in [0.15, 0.2) is 5.82 Å². The van der Waals surface area contributed by atoms with Crippen LogP contribution in [0.3, 0.4) is 0 Å². The molecule has 0 aromatic carbocycles. The second-order valence-corrected chi connectivity index (χ2v) is 5.97. The Hall–Kier alpha value is -1.27. The zero-order valence-corrected chi connectivity index (χ0v) is 11.2. The molecule has 0 radical (unpaired) electrons. The van der Waals surface area contributed by atoms with Crippen LogP contribution in [0.1, 0.15) is 31.5 Å². The Morgan fingerprint density at radius 3 is 2.88 bits per heavy atom. The first-order valence-corrected chi connectivity index (χ1v) is 6.45. The number of thiophene rings is 1. The maximum absolute atomic E-state index is 4.04. The van der Waals surface area contributed by atoms with Crippen molar-refractivity contribution in [3.63, 3.8) is 0 Å². The molecule has 5 nitrogen and oxygen atoms in total. The van der Waals surface area contributed by atoms with Crippen LogP contribution in [-0.2, 0) is 13.1 Å². The molecule has 0 fully saturated rings. The summed E-state index contributed by atoms with van der Waals surface area (Å²) in [5.41, 5.74) is 0.0692. The van der Waals surface area contributed by atoms with Gasteiger partial charge in [-0.1, -0.05) is 6.07 Å². The lowest BCUT2D eigenvalue weighted by molar-refractivity contribution is 0.410. The Labute approximate surface area is 105 Å². The van der Waals surface area contributed by atoms with Crippen LogP contribution in [0, 0.1) is 0 Å². The van der Waals surface area contributed by atoms with Crippen molar-refractivity contribution in [2.45, 2.75) is 39.4 Å². The van der Waals surface area contributed by atoms with E-state index in [1.54, 1.807) is 11.3 Å². The van der Waals surface area contributed by atoms with Gasteiger partial charge >= 0.3 is 0 Å². The van der Waals surface area contributed by atoms with Gasteiger partial charge in [-0.05, 0) is 42.6 Å². The number of rotatable bonds is 4. The van der Waals surface area contributed by atoms with Crippen molar-refractivity contribution in [1.82, 2.24) is 25.5 Å². The van der Waals surface area contributed by atoms with Gasteiger partial charge in [0.1, 0.15) is 0 Å². The van der Waals surface area contributed by atoms with E-state index in [0.717, 1.165) is 12.4 Å². The summed E-state index contributed by atoms with van der Waals surface area (Å²) in [5, 5.41) is 17.2. The zero-order chi connectivity index (χ0) is 12.3. The summed E-state index contributed by atoms with van der Waals surface area (Å²) in [6, 6.07) is 4.13. The molecule has 0 aliphatic carbocycles. The van der Waals surface area contributed by atoms with Gasteiger partial charge in [-0.2, -0.15) is 0 Å². The van der Waals surface area contributed by atoms with Crippen LogP contribution in [0.4, 0.5) is 0 Å². The van der Waals surface area contributed by atoms with Crippen LogP contribution in [0.5, 0.6) is 0 Å². The lowest BCUT2D eigenvalue weighted by Gasteiger charge is -2.19. The van der Waals surface area contributed by atoms with Crippen molar-refractivity contribution < 1.29 is 0 Å². The second kappa shape index (κ2) is 4.93. The number of hydrogen-bond donors (Lipinski definition) is 1. The summed E-state index contributed by atoms with van der Waals surface area (Å²) in [4.78, 5) is 1.26. The van der Waals surface area contributed by atoms with Crippen molar-refractivity contribution in [3.8, 4) is 0 Å². The standard InChI is InChI=1S/C11H17N5S/c1-11(2,3)12-7-10-13-14-15-16(10)8-9-5-4-6-17-9/h4-6,12H,7-8H2,1-3H3. The first-order valence-electron chi connectivity index (χ1n) is 5.57. The molecule has 0 spiro atoms. The highest BCUT2D eigenvalue weighted by atomic mass is 32.1. The maximum Gasteiger partial charge on any atom is 0.165 e. The zero-order valence-electron chi connectivity index (χ0n) is 10.3. The maximum atomic E-state index is 4.04. The number of tetrazole rings is 1. The Morgan fingerprint density at radius 1 is 1.41 bits per heavy atom. The molecular weight excluding hydrogens is 234 g/mol. The molecule has 0 saturated carbocycles. The molecule has 0 amide bonds. The van der Waals surface area contributed by atoms with E-state index >= 15 is 0 Å². The number of nitrogens with zero attached hydrogens (tertiary/aromatic N) is 4. The third-order valence-corrected chi connectivity index (χ3v) is 3.13. The average Bonchev–Trinajstić information content (AvgIpc) is 2.86. The summed E-state index contributed by atoms with van der Waals surface area (Å²) in [5.74, 6) is 0.869. The molecule has 92 valence electrons. The minimum atomic E-state index is 0.0692. The van der Waals surface area contributed by atoms with Gasteiger partial charge in [-0.25, -0.2) is 4.68 Å². The lowest BCUT2D eigenvalue weighted by atomic mass is 10.1. The van der Waals surface area contributed by atoms with E-state index in [2.05, 4.69) is 53.1 Å². The van der Waals surface area contributed by atoms with E-state index in [4.69, 9.17) is 0 Å². The normalized spacial score (nSPS) is 11.9. The van der Waals surface area contributed by atoms with E-state index in [0.29, 0.717) is 6.54 Å². The van der Waals surface area contributed by atoms with Gasteiger partial charge < -0.3 is 5.32 Å².